The topological polar surface area (TPSA) is 101 Å². The Bertz CT molecular complexity index is 1530. The van der Waals surface area contributed by atoms with Gasteiger partial charge in [0.1, 0.15) is 23.5 Å². The van der Waals surface area contributed by atoms with Crippen LogP contribution in [0, 0.1) is 5.82 Å². The van der Waals surface area contributed by atoms with Gasteiger partial charge in [-0.05, 0) is 55.3 Å². The van der Waals surface area contributed by atoms with Crippen LogP contribution in [0.25, 0.3) is 28.5 Å². The van der Waals surface area contributed by atoms with Gasteiger partial charge < -0.3 is 20.0 Å². The molecule has 10 heteroatoms. The van der Waals surface area contributed by atoms with Gasteiger partial charge in [-0.15, -0.1) is 0 Å². The van der Waals surface area contributed by atoms with Crippen molar-refractivity contribution in [2.75, 3.05) is 23.7 Å². The van der Waals surface area contributed by atoms with Crippen molar-refractivity contribution in [3.63, 3.8) is 0 Å². The highest BCUT2D eigenvalue weighted by Crippen LogP contribution is 2.32. The highest BCUT2D eigenvalue weighted by molar-refractivity contribution is 5.89. The molecular weight excluding hydrogens is 473 g/mol. The number of rotatable bonds is 5. The van der Waals surface area contributed by atoms with Crippen LogP contribution >= 0.6 is 0 Å². The quantitative estimate of drug-likeness (QED) is 0.342. The maximum absolute atomic E-state index is 13.5. The number of hydrogen-bond acceptors (Lipinski definition) is 6. The highest BCUT2D eigenvalue weighted by Gasteiger charge is 2.25. The van der Waals surface area contributed by atoms with E-state index in [1.165, 1.54) is 12.1 Å². The molecule has 0 bridgehead atoms. The first-order chi connectivity index (χ1) is 18.1. The summed E-state index contributed by atoms with van der Waals surface area (Å²) in [6.07, 6.45) is 6.76. The zero-order valence-electron chi connectivity index (χ0n) is 19.8. The minimum atomic E-state index is -0.319. The molecule has 3 aromatic heterocycles. The number of oxazole rings is 1. The number of halogens is 1. The molecule has 1 saturated heterocycles. The number of aromatic nitrogens is 4. The second-order valence-corrected chi connectivity index (χ2v) is 8.86. The fourth-order valence-electron chi connectivity index (χ4n) is 4.59. The van der Waals surface area contributed by atoms with Crippen molar-refractivity contribution < 1.29 is 13.6 Å². The summed E-state index contributed by atoms with van der Waals surface area (Å²) in [7, 11) is 0. The van der Waals surface area contributed by atoms with Gasteiger partial charge in [-0.2, -0.15) is 4.98 Å². The Morgan fingerprint density at radius 3 is 2.73 bits per heavy atom. The number of carbonyl (C=O) groups is 1. The van der Waals surface area contributed by atoms with E-state index in [9.17, 15) is 9.18 Å². The summed E-state index contributed by atoms with van der Waals surface area (Å²) in [6.45, 7) is 1.22. The van der Waals surface area contributed by atoms with Crippen molar-refractivity contribution in [2.45, 2.75) is 18.9 Å². The highest BCUT2D eigenvalue weighted by atomic mass is 19.1. The fraction of sp³-hybridized carbons (Fsp3) is 0.185. The molecule has 1 aliphatic rings. The van der Waals surface area contributed by atoms with E-state index < -0.39 is 0 Å². The average Bonchev–Trinajstić information content (AvgIpc) is 3.52. The molecule has 2 amide bonds. The predicted molar refractivity (Wildman–Crippen MR) is 138 cm³/mol. The van der Waals surface area contributed by atoms with Crippen LogP contribution in [0.4, 0.5) is 20.8 Å². The second kappa shape index (κ2) is 9.73. The van der Waals surface area contributed by atoms with Gasteiger partial charge in [0.15, 0.2) is 0 Å². The number of imidazole rings is 1. The minimum Gasteiger partial charge on any atom is -0.432 e. The normalized spacial score (nSPS) is 15.6. The summed E-state index contributed by atoms with van der Waals surface area (Å²) >= 11 is 0. The molecular formula is C27H24FN7O2. The number of amides is 2. The molecule has 1 aliphatic heterocycles. The van der Waals surface area contributed by atoms with E-state index in [0.29, 0.717) is 42.0 Å². The maximum Gasteiger partial charge on any atom is 0.321 e. The number of para-hydroxylation sites is 1. The molecule has 5 aromatic rings. The van der Waals surface area contributed by atoms with Crippen LogP contribution in [0.3, 0.4) is 0 Å². The number of anilines is 2. The Labute approximate surface area is 212 Å². The molecule has 0 aliphatic carbocycles. The fourth-order valence-corrected chi connectivity index (χ4v) is 4.59. The maximum atomic E-state index is 13.5. The summed E-state index contributed by atoms with van der Waals surface area (Å²) < 4.78 is 20.8. The zero-order chi connectivity index (χ0) is 25.2. The predicted octanol–water partition coefficient (Wildman–Crippen LogP) is 5.30. The van der Waals surface area contributed by atoms with Gasteiger partial charge in [-0.25, -0.2) is 19.2 Å². The number of benzene rings is 2. The first-order valence-corrected chi connectivity index (χ1v) is 12.1. The SMILES string of the molecule is O=C(Nc1ccccc1)N1CCCC(Nc2nccc(-c3c(-c4ccc(F)cc4)nc4occn34)n2)C1. The first-order valence-electron chi connectivity index (χ1n) is 12.1. The molecule has 2 N–H and O–H groups in total. The lowest BCUT2D eigenvalue weighted by Crippen LogP contribution is -2.47. The van der Waals surface area contributed by atoms with Crippen molar-refractivity contribution in [3.8, 4) is 22.6 Å². The van der Waals surface area contributed by atoms with Crippen LogP contribution in [0.1, 0.15) is 12.8 Å². The number of nitrogens with one attached hydrogen (secondary N) is 2. The number of nitrogens with zero attached hydrogens (tertiary/aromatic N) is 5. The Hall–Kier alpha value is -4.73. The summed E-state index contributed by atoms with van der Waals surface area (Å²) in [5.41, 5.74) is 3.50. The van der Waals surface area contributed by atoms with E-state index in [-0.39, 0.29) is 17.9 Å². The Morgan fingerprint density at radius 2 is 1.89 bits per heavy atom. The van der Waals surface area contributed by atoms with Crippen LogP contribution in [-0.4, -0.2) is 49.4 Å². The number of carbonyl (C=O) groups excluding carboxylic acids is 1. The number of urea groups is 1. The second-order valence-electron chi connectivity index (χ2n) is 8.86. The zero-order valence-corrected chi connectivity index (χ0v) is 19.8. The summed E-state index contributed by atoms with van der Waals surface area (Å²) in [4.78, 5) is 28.4. The molecule has 0 saturated carbocycles. The summed E-state index contributed by atoms with van der Waals surface area (Å²) in [5.74, 6) is 0.548. The van der Waals surface area contributed by atoms with E-state index >= 15 is 0 Å². The average molecular weight is 498 g/mol. The summed E-state index contributed by atoms with van der Waals surface area (Å²) in [6, 6.07) is 17.3. The van der Waals surface area contributed by atoms with Gasteiger partial charge in [-0.1, -0.05) is 18.2 Å². The Balaban J connectivity index is 1.23. The third kappa shape index (κ3) is 4.73. The van der Waals surface area contributed by atoms with E-state index in [2.05, 4.69) is 20.6 Å². The van der Waals surface area contributed by atoms with Crippen molar-refractivity contribution >= 4 is 23.5 Å². The van der Waals surface area contributed by atoms with Crippen LogP contribution in [-0.2, 0) is 0 Å². The van der Waals surface area contributed by atoms with Gasteiger partial charge in [0.25, 0.3) is 0 Å². The van der Waals surface area contributed by atoms with E-state index in [1.54, 1.807) is 46.2 Å². The lowest BCUT2D eigenvalue weighted by Gasteiger charge is -2.33. The van der Waals surface area contributed by atoms with Crippen molar-refractivity contribution in [2.24, 2.45) is 0 Å². The van der Waals surface area contributed by atoms with Crippen LogP contribution in [0.5, 0.6) is 0 Å². The molecule has 186 valence electrons. The number of fused-ring (bicyclic) bond motifs is 1. The Morgan fingerprint density at radius 1 is 1.05 bits per heavy atom. The van der Waals surface area contributed by atoms with E-state index in [4.69, 9.17) is 9.40 Å². The molecule has 37 heavy (non-hydrogen) atoms. The van der Waals surface area contributed by atoms with Crippen LogP contribution < -0.4 is 10.6 Å². The molecule has 2 aromatic carbocycles. The van der Waals surface area contributed by atoms with Gasteiger partial charge >= 0.3 is 11.9 Å². The number of hydrogen-bond donors (Lipinski definition) is 2. The number of piperidine rings is 1. The van der Waals surface area contributed by atoms with E-state index in [1.807, 2.05) is 30.3 Å². The van der Waals surface area contributed by atoms with Gasteiger partial charge in [0.05, 0.1) is 5.69 Å². The lowest BCUT2D eigenvalue weighted by molar-refractivity contribution is 0.196. The Kier molecular flexibility index (Phi) is 5.97. The van der Waals surface area contributed by atoms with Gasteiger partial charge in [0.2, 0.25) is 5.95 Å². The molecule has 0 radical (unpaired) electrons. The lowest BCUT2D eigenvalue weighted by atomic mass is 10.1. The van der Waals surface area contributed by atoms with Crippen LogP contribution in [0.2, 0.25) is 0 Å². The van der Waals surface area contributed by atoms with Gasteiger partial charge in [-0.3, -0.25) is 4.40 Å². The molecule has 1 fully saturated rings. The molecule has 4 heterocycles. The third-order valence-corrected chi connectivity index (χ3v) is 6.34. The minimum absolute atomic E-state index is 0.00137. The monoisotopic (exact) mass is 497 g/mol. The molecule has 9 nitrogen and oxygen atoms in total. The summed E-state index contributed by atoms with van der Waals surface area (Å²) in [5, 5.41) is 6.34. The number of likely N-dealkylation sites (tertiary alicyclic amines) is 1. The molecule has 1 atom stereocenters. The standard InChI is InChI=1S/C27H24FN7O2/c28-19-10-8-18(9-11-19)23-24(35-15-16-37-27(35)33-23)22-12-13-29-25(32-22)30-21-7-4-14-34(17-21)26(36)31-20-5-2-1-3-6-20/h1-3,5-6,8-13,15-16,21H,4,7,14,17H2,(H,31,36)(H,29,30,32). The smallest absolute Gasteiger partial charge is 0.321 e. The van der Waals surface area contributed by atoms with E-state index in [0.717, 1.165) is 24.1 Å². The third-order valence-electron chi connectivity index (χ3n) is 6.34. The molecule has 6 rings (SSSR count). The first kappa shape index (κ1) is 22.7. The van der Waals surface area contributed by atoms with Gasteiger partial charge in [0, 0.05) is 42.8 Å². The molecule has 0 spiro atoms. The largest absolute Gasteiger partial charge is 0.432 e. The van der Waals surface area contributed by atoms with Crippen LogP contribution in [0.15, 0.2) is 83.7 Å². The van der Waals surface area contributed by atoms with Crippen molar-refractivity contribution in [1.82, 2.24) is 24.3 Å². The van der Waals surface area contributed by atoms with Crippen molar-refractivity contribution in [3.05, 3.63) is 85.1 Å². The van der Waals surface area contributed by atoms with Crippen molar-refractivity contribution in [1.29, 1.82) is 0 Å². The molecule has 1 unspecified atom stereocenters.